The summed E-state index contributed by atoms with van der Waals surface area (Å²) in [5.74, 6) is -0.536. The van der Waals surface area contributed by atoms with Crippen LogP contribution in [0.15, 0.2) is 24.5 Å². The molecule has 0 aromatic carbocycles. The summed E-state index contributed by atoms with van der Waals surface area (Å²) in [5.41, 5.74) is 0.233. The van der Waals surface area contributed by atoms with Crippen LogP contribution in [-0.4, -0.2) is 57.5 Å². The van der Waals surface area contributed by atoms with Crippen LogP contribution in [0.5, 0.6) is 0 Å². The van der Waals surface area contributed by atoms with Gasteiger partial charge in [0, 0.05) is 6.07 Å². The maximum atomic E-state index is 11.9. The van der Waals surface area contributed by atoms with Crippen LogP contribution in [0.25, 0.3) is 0 Å². The Bertz CT molecular complexity index is 649. The number of carbonyl (C=O) groups excluding carboxylic acids is 1. The molecule has 4 N–H and O–H groups in total. The van der Waals surface area contributed by atoms with Crippen LogP contribution in [0.3, 0.4) is 0 Å². The molecule has 0 spiro atoms. The molecule has 4 atom stereocenters. The number of nitrogens with zero attached hydrogens (tertiary/aromatic N) is 1. The Kier molecular flexibility index (Phi) is 6.64. The van der Waals surface area contributed by atoms with Gasteiger partial charge in [-0.05, 0) is 12.5 Å². The van der Waals surface area contributed by atoms with Crippen LogP contribution < -0.4 is 4.57 Å². The molecule has 4 unspecified atom stereocenters. The number of carbonyl (C=O) groups is 1. The molecule has 1 saturated heterocycles. The van der Waals surface area contributed by atoms with E-state index in [1.807, 2.05) is 6.92 Å². The summed E-state index contributed by atoms with van der Waals surface area (Å²) in [5, 5.41) is 20.1. The summed E-state index contributed by atoms with van der Waals surface area (Å²) in [6.07, 6.45) is -1.41. The van der Waals surface area contributed by atoms with Gasteiger partial charge in [-0.3, -0.25) is 4.52 Å². The molecule has 140 valence electrons. The number of esters is 1. The molecule has 0 amide bonds. The molecule has 2 heterocycles. The van der Waals surface area contributed by atoms with Gasteiger partial charge in [0.25, 0.3) is 6.23 Å². The SMILES string of the molecule is CCCOC(=O)c1ccc[n+](C2OC(COP(=O)(O)O)C(O)C2O)c1. The van der Waals surface area contributed by atoms with Crippen LogP contribution in [0, 0.1) is 0 Å². The van der Waals surface area contributed by atoms with Crippen molar-refractivity contribution < 1.29 is 47.9 Å². The largest absolute Gasteiger partial charge is 0.469 e. The Morgan fingerprint density at radius 3 is 2.72 bits per heavy atom. The summed E-state index contributed by atoms with van der Waals surface area (Å²) in [6, 6.07) is 3.07. The number of aromatic nitrogens is 1. The lowest BCUT2D eigenvalue weighted by molar-refractivity contribution is -0.765. The van der Waals surface area contributed by atoms with Crippen molar-refractivity contribution in [1.29, 1.82) is 0 Å². The average molecular weight is 378 g/mol. The average Bonchev–Trinajstić information content (AvgIpc) is 2.85. The fourth-order valence-electron chi connectivity index (χ4n) is 2.33. The highest BCUT2D eigenvalue weighted by Gasteiger charge is 2.49. The number of phosphoric acid groups is 1. The Labute approximate surface area is 143 Å². The number of phosphoric ester groups is 1. The number of pyridine rings is 1. The summed E-state index contributed by atoms with van der Waals surface area (Å²) >= 11 is 0. The van der Waals surface area contributed by atoms with E-state index in [9.17, 15) is 19.6 Å². The first kappa shape index (κ1) is 19.9. The minimum Gasteiger partial charge on any atom is -0.462 e. The molecule has 10 nitrogen and oxygen atoms in total. The number of aliphatic hydroxyl groups is 2. The molecule has 25 heavy (non-hydrogen) atoms. The first-order valence-corrected chi connectivity index (χ1v) is 9.15. The van der Waals surface area contributed by atoms with Crippen molar-refractivity contribution >= 4 is 13.8 Å². The maximum absolute atomic E-state index is 11.9. The van der Waals surface area contributed by atoms with E-state index in [1.54, 1.807) is 6.07 Å². The molecule has 1 aromatic heterocycles. The molecular weight excluding hydrogens is 357 g/mol. The lowest BCUT2D eigenvalue weighted by atomic mass is 10.1. The van der Waals surface area contributed by atoms with Crippen molar-refractivity contribution in [2.75, 3.05) is 13.2 Å². The van der Waals surface area contributed by atoms with Gasteiger partial charge < -0.3 is 29.5 Å². The van der Waals surface area contributed by atoms with E-state index >= 15 is 0 Å². The predicted octanol–water partition coefficient (Wildman–Crippen LogP) is -0.731. The monoisotopic (exact) mass is 378 g/mol. The van der Waals surface area contributed by atoms with E-state index in [1.165, 1.54) is 23.0 Å². The van der Waals surface area contributed by atoms with E-state index in [4.69, 9.17) is 19.3 Å². The summed E-state index contributed by atoms with van der Waals surface area (Å²) in [7, 11) is -4.73. The first-order valence-electron chi connectivity index (χ1n) is 7.62. The molecule has 0 aliphatic carbocycles. The second-order valence-corrected chi connectivity index (χ2v) is 6.75. The second-order valence-electron chi connectivity index (χ2n) is 5.51. The van der Waals surface area contributed by atoms with Crippen molar-refractivity contribution in [2.45, 2.75) is 37.9 Å². The van der Waals surface area contributed by atoms with Gasteiger partial charge in [0.05, 0.1) is 13.2 Å². The Hall–Kier alpha value is -1.39. The molecule has 1 aliphatic rings. The van der Waals surface area contributed by atoms with Gasteiger partial charge in [-0.1, -0.05) is 6.92 Å². The van der Waals surface area contributed by atoms with Crippen molar-refractivity contribution in [1.82, 2.24) is 0 Å². The Morgan fingerprint density at radius 2 is 2.08 bits per heavy atom. The van der Waals surface area contributed by atoms with Gasteiger partial charge in [0.1, 0.15) is 17.8 Å². The van der Waals surface area contributed by atoms with Gasteiger partial charge >= 0.3 is 13.8 Å². The normalized spacial score (nSPS) is 26.6. The summed E-state index contributed by atoms with van der Waals surface area (Å²) < 4.78 is 26.9. The highest BCUT2D eigenvalue weighted by molar-refractivity contribution is 7.46. The molecule has 11 heteroatoms. The van der Waals surface area contributed by atoms with Gasteiger partial charge in [-0.25, -0.2) is 9.36 Å². The van der Waals surface area contributed by atoms with Crippen LogP contribution in [0.4, 0.5) is 0 Å². The first-order chi connectivity index (χ1) is 11.7. The van der Waals surface area contributed by atoms with Crippen LogP contribution in [0.1, 0.15) is 29.9 Å². The van der Waals surface area contributed by atoms with Gasteiger partial charge in [-0.15, -0.1) is 0 Å². The Balaban J connectivity index is 2.10. The highest BCUT2D eigenvalue weighted by Crippen LogP contribution is 2.37. The minimum atomic E-state index is -4.73. The third kappa shape index (κ3) is 5.29. The quantitative estimate of drug-likeness (QED) is 0.274. The highest BCUT2D eigenvalue weighted by atomic mass is 31.2. The lowest BCUT2D eigenvalue weighted by Gasteiger charge is -2.13. The molecule has 2 rings (SSSR count). The molecule has 1 fully saturated rings. The zero-order chi connectivity index (χ0) is 18.6. The molecule has 1 aromatic rings. The zero-order valence-corrected chi connectivity index (χ0v) is 14.4. The van der Waals surface area contributed by atoms with Crippen LogP contribution >= 0.6 is 7.82 Å². The van der Waals surface area contributed by atoms with Gasteiger partial charge in [0.15, 0.2) is 18.5 Å². The minimum absolute atomic E-state index is 0.233. The molecule has 0 bridgehead atoms. The fraction of sp³-hybridized carbons (Fsp3) is 0.571. The number of hydrogen-bond acceptors (Lipinski definition) is 7. The van der Waals surface area contributed by atoms with E-state index in [-0.39, 0.29) is 12.2 Å². The number of rotatable bonds is 7. The van der Waals surface area contributed by atoms with Crippen molar-refractivity contribution in [3.05, 3.63) is 30.1 Å². The lowest BCUT2D eigenvalue weighted by Crippen LogP contribution is -2.46. The summed E-state index contributed by atoms with van der Waals surface area (Å²) in [4.78, 5) is 29.3. The van der Waals surface area contributed by atoms with Crippen LogP contribution in [0.2, 0.25) is 0 Å². The van der Waals surface area contributed by atoms with Crippen molar-refractivity contribution in [2.24, 2.45) is 0 Å². The Morgan fingerprint density at radius 1 is 1.36 bits per heavy atom. The third-order valence-electron chi connectivity index (χ3n) is 3.53. The maximum Gasteiger partial charge on any atom is 0.469 e. The van der Waals surface area contributed by atoms with Crippen molar-refractivity contribution in [3.8, 4) is 0 Å². The topological polar surface area (TPSA) is 147 Å². The molecule has 0 radical (unpaired) electrons. The van der Waals surface area contributed by atoms with E-state index in [0.29, 0.717) is 6.42 Å². The number of ether oxygens (including phenoxy) is 2. The third-order valence-corrected chi connectivity index (χ3v) is 4.02. The zero-order valence-electron chi connectivity index (χ0n) is 13.5. The molecule has 0 saturated carbocycles. The van der Waals surface area contributed by atoms with E-state index in [2.05, 4.69) is 4.52 Å². The summed E-state index contributed by atoms with van der Waals surface area (Å²) in [6.45, 7) is 1.54. The van der Waals surface area contributed by atoms with Crippen LogP contribution in [-0.2, 0) is 18.6 Å². The van der Waals surface area contributed by atoms with Crippen molar-refractivity contribution in [3.63, 3.8) is 0 Å². The molecular formula is C14H21NO9P+. The standard InChI is InChI=1S/C14H20NO9P/c1-2-6-22-14(18)9-4-3-5-15(7-9)13-12(17)11(16)10(24-13)8-23-25(19,20)21/h3-5,7,10-13,16-17H,2,6,8H2,1H3,(H-,19,20,21)/p+1. The van der Waals surface area contributed by atoms with Gasteiger partial charge in [0.2, 0.25) is 0 Å². The number of hydrogen-bond donors (Lipinski definition) is 4. The fourth-order valence-corrected chi connectivity index (χ4v) is 2.67. The van der Waals surface area contributed by atoms with E-state index in [0.717, 1.165) is 0 Å². The molecule has 1 aliphatic heterocycles. The predicted molar refractivity (Wildman–Crippen MR) is 81.1 cm³/mol. The number of aliphatic hydroxyl groups excluding tert-OH is 2. The smallest absolute Gasteiger partial charge is 0.462 e. The second kappa shape index (κ2) is 8.33. The van der Waals surface area contributed by atoms with Gasteiger partial charge in [-0.2, -0.15) is 4.57 Å². The van der Waals surface area contributed by atoms with E-state index < -0.39 is 44.9 Å².